The second-order valence-electron chi connectivity index (χ2n) is 5.97. The van der Waals surface area contributed by atoms with E-state index in [1.54, 1.807) is 29.2 Å². The number of benzene rings is 2. The van der Waals surface area contributed by atoms with E-state index in [-0.39, 0.29) is 25.0 Å². The number of nitrogens with zero attached hydrogens (tertiary/aromatic N) is 2. The average molecular weight is 353 g/mol. The van der Waals surface area contributed by atoms with Gasteiger partial charge in [-0.25, -0.2) is 4.79 Å². The Morgan fingerprint density at radius 2 is 1.77 bits per heavy atom. The van der Waals surface area contributed by atoms with Gasteiger partial charge in [0.15, 0.2) is 0 Å². The van der Waals surface area contributed by atoms with E-state index in [1.165, 1.54) is 4.90 Å². The van der Waals surface area contributed by atoms with Gasteiger partial charge in [0.05, 0.1) is 0 Å². The van der Waals surface area contributed by atoms with Gasteiger partial charge in [-0.2, -0.15) is 0 Å². The predicted molar refractivity (Wildman–Crippen MR) is 96.0 cm³/mol. The summed E-state index contributed by atoms with van der Waals surface area (Å²) in [4.78, 5) is 38.5. The van der Waals surface area contributed by atoms with Crippen molar-refractivity contribution in [3.8, 4) is 0 Å². The maximum absolute atomic E-state index is 12.8. The van der Waals surface area contributed by atoms with Crippen molar-refractivity contribution < 1.29 is 19.5 Å². The summed E-state index contributed by atoms with van der Waals surface area (Å²) in [7, 11) is 0. The molecular weight excluding hydrogens is 334 g/mol. The maximum Gasteiger partial charge on any atom is 0.323 e. The third kappa shape index (κ3) is 4.00. The van der Waals surface area contributed by atoms with Crippen LogP contribution >= 0.6 is 0 Å². The molecule has 0 saturated carbocycles. The van der Waals surface area contributed by atoms with Crippen molar-refractivity contribution in [3.63, 3.8) is 0 Å². The number of carbonyl (C=O) groups is 3. The molecule has 3 amide bonds. The molecule has 7 heteroatoms. The molecule has 0 aromatic heterocycles. The monoisotopic (exact) mass is 353 g/mol. The number of anilines is 1. The highest BCUT2D eigenvalue weighted by Crippen LogP contribution is 2.18. The van der Waals surface area contributed by atoms with Crippen LogP contribution < -0.4 is 10.2 Å². The summed E-state index contributed by atoms with van der Waals surface area (Å²) in [5, 5.41) is 11.8. The Morgan fingerprint density at radius 3 is 2.35 bits per heavy atom. The van der Waals surface area contributed by atoms with Crippen molar-refractivity contribution in [2.24, 2.45) is 0 Å². The number of aliphatic carboxylic acids is 1. The summed E-state index contributed by atoms with van der Waals surface area (Å²) in [6.45, 7) is 0.987. The Kier molecular flexibility index (Phi) is 5.17. The SMILES string of the molecule is O=C(O)CN(Cc1ccccc1)C(=O)c1ccc(N2CCNC2=O)cc1. The quantitative estimate of drug-likeness (QED) is 0.830. The molecule has 1 saturated heterocycles. The summed E-state index contributed by atoms with van der Waals surface area (Å²) in [6, 6.07) is 15.7. The summed E-state index contributed by atoms with van der Waals surface area (Å²) < 4.78 is 0. The Hall–Kier alpha value is -3.35. The van der Waals surface area contributed by atoms with Gasteiger partial charge < -0.3 is 15.3 Å². The molecule has 7 nitrogen and oxygen atoms in total. The molecule has 134 valence electrons. The van der Waals surface area contributed by atoms with Crippen LogP contribution in [0.1, 0.15) is 15.9 Å². The third-order valence-corrected chi connectivity index (χ3v) is 4.11. The zero-order chi connectivity index (χ0) is 18.5. The van der Waals surface area contributed by atoms with E-state index in [0.717, 1.165) is 5.56 Å². The lowest BCUT2D eigenvalue weighted by Crippen LogP contribution is -2.35. The highest BCUT2D eigenvalue weighted by atomic mass is 16.4. The van der Waals surface area contributed by atoms with E-state index in [0.29, 0.717) is 24.3 Å². The fraction of sp³-hybridized carbons (Fsp3) is 0.211. The van der Waals surface area contributed by atoms with Gasteiger partial charge >= 0.3 is 12.0 Å². The van der Waals surface area contributed by atoms with Crippen LogP contribution in [0.5, 0.6) is 0 Å². The van der Waals surface area contributed by atoms with Crippen molar-refractivity contribution >= 4 is 23.6 Å². The van der Waals surface area contributed by atoms with Gasteiger partial charge in [0.2, 0.25) is 0 Å². The van der Waals surface area contributed by atoms with E-state index < -0.39 is 5.97 Å². The molecule has 0 unspecified atom stereocenters. The van der Waals surface area contributed by atoms with Gasteiger partial charge in [0.25, 0.3) is 5.91 Å². The fourth-order valence-electron chi connectivity index (χ4n) is 2.85. The number of rotatable bonds is 6. The van der Waals surface area contributed by atoms with Crippen molar-refractivity contribution in [1.82, 2.24) is 10.2 Å². The van der Waals surface area contributed by atoms with Gasteiger partial charge in [-0.15, -0.1) is 0 Å². The van der Waals surface area contributed by atoms with Gasteiger partial charge in [0, 0.05) is 30.9 Å². The molecule has 1 aliphatic heterocycles. The molecule has 26 heavy (non-hydrogen) atoms. The minimum atomic E-state index is -1.07. The van der Waals surface area contributed by atoms with Crippen LogP contribution in [0.25, 0.3) is 0 Å². The number of urea groups is 1. The van der Waals surface area contributed by atoms with Crippen molar-refractivity contribution in [2.45, 2.75) is 6.54 Å². The predicted octanol–water partition coefficient (Wildman–Crippen LogP) is 1.94. The fourth-order valence-corrected chi connectivity index (χ4v) is 2.85. The molecule has 0 bridgehead atoms. The largest absolute Gasteiger partial charge is 0.480 e. The van der Waals surface area contributed by atoms with Crippen LogP contribution in [0, 0.1) is 0 Å². The highest BCUT2D eigenvalue weighted by Gasteiger charge is 2.22. The molecule has 2 aromatic rings. The number of hydrogen-bond acceptors (Lipinski definition) is 3. The van der Waals surface area contributed by atoms with Gasteiger partial charge in [-0.3, -0.25) is 14.5 Å². The lowest BCUT2D eigenvalue weighted by molar-refractivity contribution is -0.137. The van der Waals surface area contributed by atoms with Crippen LogP contribution in [-0.2, 0) is 11.3 Å². The van der Waals surface area contributed by atoms with Crippen molar-refractivity contribution in [2.75, 3.05) is 24.5 Å². The Labute approximate surface area is 150 Å². The van der Waals surface area contributed by atoms with Crippen molar-refractivity contribution in [1.29, 1.82) is 0 Å². The molecule has 0 aliphatic carbocycles. The van der Waals surface area contributed by atoms with Crippen LogP contribution in [0.3, 0.4) is 0 Å². The van der Waals surface area contributed by atoms with Crippen LogP contribution in [0.15, 0.2) is 54.6 Å². The van der Waals surface area contributed by atoms with E-state index in [9.17, 15) is 14.4 Å². The first kappa shape index (κ1) is 17.5. The number of hydrogen-bond donors (Lipinski definition) is 2. The topological polar surface area (TPSA) is 89.9 Å². The maximum atomic E-state index is 12.8. The zero-order valence-electron chi connectivity index (χ0n) is 14.1. The van der Waals surface area contributed by atoms with E-state index in [1.807, 2.05) is 30.3 Å². The first-order valence-corrected chi connectivity index (χ1v) is 8.25. The van der Waals surface area contributed by atoms with Crippen LogP contribution in [0.4, 0.5) is 10.5 Å². The number of carboxylic acids is 1. The Balaban J connectivity index is 1.77. The zero-order valence-corrected chi connectivity index (χ0v) is 14.1. The lowest BCUT2D eigenvalue weighted by Gasteiger charge is -2.21. The Bertz CT molecular complexity index is 805. The normalized spacial score (nSPS) is 13.4. The number of carbonyl (C=O) groups excluding carboxylic acids is 2. The average Bonchev–Trinajstić information content (AvgIpc) is 3.07. The number of amides is 3. The molecule has 1 fully saturated rings. The van der Waals surface area contributed by atoms with E-state index in [4.69, 9.17) is 5.11 Å². The smallest absolute Gasteiger partial charge is 0.323 e. The van der Waals surface area contributed by atoms with Gasteiger partial charge in [0.1, 0.15) is 6.54 Å². The summed E-state index contributed by atoms with van der Waals surface area (Å²) in [5.74, 6) is -1.44. The molecular formula is C19H19N3O4. The van der Waals surface area contributed by atoms with Crippen LogP contribution in [0.2, 0.25) is 0 Å². The number of carboxylic acid groups (broad SMARTS) is 1. The highest BCUT2D eigenvalue weighted by molar-refractivity contribution is 5.97. The molecule has 2 aromatic carbocycles. The first-order chi connectivity index (χ1) is 12.5. The molecule has 3 rings (SSSR count). The van der Waals surface area contributed by atoms with Crippen molar-refractivity contribution in [3.05, 3.63) is 65.7 Å². The molecule has 0 spiro atoms. The van der Waals surface area contributed by atoms with Crippen LogP contribution in [-0.4, -0.2) is 47.5 Å². The summed E-state index contributed by atoms with van der Waals surface area (Å²) in [6.07, 6.45) is 0. The molecule has 0 radical (unpaired) electrons. The first-order valence-electron chi connectivity index (χ1n) is 8.25. The molecule has 1 heterocycles. The number of nitrogens with one attached hydrogen (secondary N) is 1. The van der Waals surface area contributed by atoms with E-state index >= 15 is 0 Å². The molecule has 2 N–H and O–H groups in total. The second-order valence-corrected chi connectivity index (χ2v) is 5.97. The van der Waals surface area contributed by atoms with Gasteiger partial charge in [-0.05, 0) is 29.8 Å². The minimum absolute atomic E-state index is 0.166. The second kappa shape index (κ2) is 7.69. The minimum Gasteiger partial charge on any atom is -0.480 e. The standard InChI is InChI=1S/C19H19N3O4/c23-17(24)13-21(12-14-4-2-1-3-5-14)18(25)15-6-8-16(9-7-15)22-11-10-20-19(22)26/h1-9H,10-13H2,(H,20,26)(H,23,24). The summed E-state index contributed by atoms with van der Waals surface area (Å²) in [5.41, 5.74) is 1.93. The van der Waals surface area contributed by atoms with Gasteiger partial charge in [-0.1, -0.05) is 30.3 Å². The molecule has 1 aliphatic rings. The summed E-state index contributed by atoms with van der Waals surface area (Å²) >= 11 is 0. The Morgan fingerprint density at radius 1 is 1.08 bits per heavy atom. The lowest BCUT2D eigenvalue weighted by atomic mass is 10.1. The molecule has 0 atom stereocenters. The van der Waals surface area contributed by atoms with E-state index in [2.05, 4.69) is 5.32 Å². The third-order valence-electron chi connectivity index (χ3n) is 4.11.